The predicted molar refractivity (Wildman–Crippen MR) is 55.2 cm³/mol. The SMILES string of the molecule is CCCC1CCCCN1C(=O)C(F)(F)C(F)F. The predicted octanol–water partition coefficient (Wildman–Crippen LogP) is 3.07. The van der Waals surface area contributed by atoms with Crippen LogP contribution >= 0.6 is 0 Å². The molecule has 0 spiro atoms. The zero-order valence-electron chi connectivity index (χ0n) is 9.76. The summed E-state index contributed by atoms with van der Waals surface area (Å²) in [5.41, 5.74) is 0. The van der Waals surface area contributed by atoms with Crippen molar-refractivity contribution < 1.29 is 22.4 Å². The highest BCUT2D eigenvalue weighted by atomic mass is 19.3. The van der Waals surface area contributed by atoms with Gasteiger partial charge in [-0.05, 0) is 25.7 Å². The largest absolute Gasteiger partial charge is 0.383 e. The van der Waals surface area contributed by atoms with E-state index in [-0.39, 0.29) is 12.6 Å². The molecular weight excluding hydrogens is 238 g/mol. The van der Waals surface area contributed by atoms with E-state index in [1.807, 2.05) is 6.92 Å². The number of rotatable bonds is 4. The van der Waals surface area contributed by atoms with E-state index in [9.17, 15) is 22.4 Å². The van der Waals surface area contributed by atoms with E-state index in [1.54, 1.807) is 0 Å². The molecule has 0 aromatic heterocycles. The van der Waals surface area contributed by atoms with Gasteiger partial charge in [0.2, 0.25) is 0 Å². The maximum Gasteiger partial charge on any atom is 0.383 e. The molecule has 1 aliphatic rings. The number of nitrogens with zero attached hydrogens (tertiary/aromatic N) is 1. The van der Waals surface area contributed by atoms with Crippen LogP contribution in [0.1, 0.15) is 39.0 Å². The Kier molecular flexibility index (Phi) is 4.77. The monoisotopic (exact) mass is 255 g/mol. The normalized spacial score (nSPS) is 22.0. The summed E-state index contributed by atoms with van der Waals surface area (Å²) >= 11 is 0. The lowest BCUT2D eigenvalue weighted by Gasteiger charge is -2.37. The van der Waals surface area contributed by atoms with E-state index < -0.39 is 18.3 Å². The van der Waals surface area contributed by atoms with Gasteiger partial charge in [-0.3, -0.25) is 4.79 Å². The van der Waals surface area contributed by atoms with Crippen molar-refractivity contribution in [1.29, 1.82) is 0 Å². The highest BCUT2D eigenvalue weighted by molar-refractivity contribution is 5.84. The van der Waals surface area contributed by atoms with Crippen LogP contribution in [0.5, 0.6) is 0 Å². The molecule has 1 atom stereocenters. The van der Waals surface area contributed by atoms with Crippen molar-refractivity contribution in [1.82, 2.24) is 4.90 Å². The lowest BCUT2D eigenvalue weighted by molar-refractivity contribution is -0.184. The van der Waals surface area contributed by atoms with E-state index in [2.05, 4.69) is 0 Å². The van der Waals surface area contributed by atoms with Crippen LogP contribution < -0.4 is 0 Å². The van der Waals surface area contributed by atoms with Gasteiger partial charge in [0.25, 0.3) is 5.91 Å². The van der Waals surface area contributed by atoms with E-state index >= 15 is 0 Å². The quantitative estimate of drug-likeness (QED) is 0.707. The van der Waals surface area contributed by atoms with E-state index in [0.717, 1.165) is 17.7 Å². The summed E-state index contributed by atoms with van der Waals surface area (Å²) < 4.78 is 50.3. The average molecular weight is 255 g/mol. The molecule has 100 valence electrons. The molecule has 1 fully saturated rings. The molecule has 0 saturated carbocycles. The van der Waals surface area contributed by atoms with Crippen molar-refractivity contribution in [2.45, 2.75) is 57.4 Å². The van der Waals surface area contributed by atoms with Crippen molar-refractivity contribution in [3.8, 4) is 0 Å². The minimum Gasteiger partial charge on any atom is -0.334 e. The van der Waals surface area contributed by atoms with Gasteiger partial charge in [0, 0.05) is 12.6 Å². The summed E-state index contributed by atoms with van der Waals surface area (Å²) in [5.74, 6) is -6.27. The molecule has 0 N–H and O–H groups in total. The van der Waals surface area contributed by atoms with E-state index in [0.29, 0.717) is 19.3 Å². The third-order valence-corrected chi connectivity index (χ3v) is 3.07. The zero-order valence-corrected chi connectivity index (χ0v) is 9.76. The van der Waals surface area contributed by atoms with Gasteiger partial charge < -0.3 is 4.90 Å². The summed E-state index contributed by atoms with van der Waals surface area (Å²) in [6, 6.07) is -0.314. The van der Waals surface area contributed by atoms with E-state index in [1.165, 1.54) is 0 Å². The molecule has 6 heteroatoms. The average Bonchev–Trinajstić information content (AvgIpc) is 2.29. The van der Waals surface area contributed by atoms with Crippen molar-refractivity contribution >= 4 is 5.91 Å². The highest BCUT2D eigenvalue weighted by Gasteiger charge is 2.52. The van der Waals surface area contributed by atoms with Gasteiger partial charge in [-0.25, -0.2) is 8.78 Å². The number of carbonyl (C=O) groups excluding carboxylic acids is 1. The third-order valence-electron chi connectivity index (χ3n) is 3.07. The molecule has 0 bridgehead atoms. The Balaban J connectivity index is 2.77. The second kappa shape index (κ2) is 5.69. The molecule has 1 unspecified atom stereocenters. The van der Waals surface area contributed by atoms with Gasteiger partial charge >= 0.3 is 12.3 Å². The number of hydrogen-bond acceptors (Lipinski definition) is 1. The van der Waals surface area contributed by atoms with Crippen molar-refractivity contribution in [2.24, 2.45) is 0 Å². The third kappa shape index (κ3) is 3.10. The Labute approximate surface area is 98.0 Å². The number of carbonyl (C=O) groups is 1. The first-order chi connectivity index (χ1) is 7.91. The number of halogens is 4. The molecule has 0 aromatic rings. The van der Waals surface area contributed by atoms with Gasteiger partial charge in [0.15, 0.2) is 0 Å². The molecular formula is C11H17F4NO. The molecule has 1 aliphatic heterocycles. The smallest absolute Gasteiger partial charge is 0.334 e. The van der Waals surface area contributed by atoms with Crippen molar-refractivity contribution in [2.75, 3.05) is 6.54 Å². The first kappa shape index (κ1) is 14.3. The first-order valence-electron chi connectivity index (χ1n) is 5.88. The van der Waals surface area contributed by atoms with Gasteiger partial charge in [-0.15, -0.1) is 0 Å². The Bertz CT molecular complexity index is 268. The Morgan fingerprint density at radius 3 is 2.59 bits per heavy atom. The zero-order chi connectivity index (χ0) is 13.1. The number of alkyl halides is 4. The molecule has 1 heterocycles. The second-order valence-corrected chi connectivity index (χ2v) is 4.36. The fourth-order valence-electron chi connectivity index (χ4n) is 2.19. The summed E-state index contributed by atoms with van der Waals surface area (Å²) in [6.45, 7) is 2.04. The maximum atomic E-state index is 13.0. The van der Waals surface area contributed by atoms with Crippen LogP contribution in [0.25, 0.3) is 0 Å². The van der Waals surface area contributed by atoms with Crippen LogP contribution in [0.15, 0.2) is 0 Å². The number of hydrogen-bond donors (Lipinski definition) is 0. The van der Waals surface area contributed by atoms with Crippen molar-refractivity contribution in [3.05, 3.63) is 0 Å². The molecule has 1 rings (SSSR count). The summed E-state index contributed by atoms with van der Waals surface area (Å²) in [7, 11) is 0. The lowest BCUT2D eigenvalue weighted by Crippen LogP contribution is -2.53. The van der Waals surface area contributed by atoms with Gasteiger partial charge in [-0.1, -0.05) is 13.3 Å². The van der Waals surface area contributed by atoms with Crippen LogP contribution in [0.4, 0.5) is 17.6 Å². The molecule has 1 amide bonds. The van der Waals surface area contributed by atoms with Crippen LogP contribution in [0, 0.1) is 0 Å². The Morgan fingerprint density at radius 1 is 1.41 bits per heavy atom. The number of likely N-dealkylation sites (tertiary alicyclic amines) is 1. The lowest BCUT2D eigenvalue weighted by atomic mass is 9.97. The second-order valence-electron chi connectivity index (χ2n) is 4.36. The minimum atomic E-state index is -4.55. The fourth-order valence-corrected chi connectivity index (χ4v) is 2.19. The summed E-state index contributed by atoms with van der Waals surface area (Å²) in [4.78, 5) is 12.4. The van der Waals surface area contributed by atoms with E-state index in [4.69, 9.17) is 0 Å². The minimum absolute atomic E-state index is 0.159. The van der Waals surface area contributed by atoms with Crippen LogP contribution in [0.2, 0.25) is 0 Å². The highest BCUT2D eigenvalue weighted by Crippen LogP contribution is 2.30. The standard InChI is InChI=1S/C11H17F4NO/c1-2-5-8-6-3-4-7-16(8)10(17)11(14,15)9(12)13/h8-9H,2-7H2,1H3. The Morgan fingerprint density at radius 2 is 2.06 bits per heavy atom. The number of amides is 1. The first-order valence-corrected chi connectivity index (χ1v) is 5.88. The van der Waals surface area contributed by atoms with Crippen LogP contribution in [-0.2, 0) is 4.79 Å². The van der Waals surface area contributed by atoms with Gasteiger partial charge in [0.1, 0.15) is 0 Å². The molecule has 1 saturated heterocycles. The number of piperidine rings is 1. The van der Waals surface area contributed by atoms with Crippen LogP contribution in [0.3, 0.4) is 0 Å². The topological polar surface area (TPSA) is 20.3 Å². The summed E-state index contributed by atoms with van der Waals surface area (Å²) in [5, 5.41) is 0. The molecule has 0 aromatic carbocycles. The molecule has 0 radical (unpaired) electrons. The molecule has 17 heavy (non-hydrogen) atoms. The van der Waals surface area contributed by atoms with Crippen LogP contribution in [-0.4, -0.2) is 35.7 Å². The fraction of sp³-hybridized carbons (Fsp3) is 0.909. The molecule has 2 nitrogen and oxygen atoms in total. The molecule has 0 aliphatic carbocycles. The summed E-state index contributed by atoms with van der Waals surface area (Å²) in [6.07, 6.45) is -0.516. The van der Waals surface area contributed by atoms with Crippen molar-refractivity contribution in [3.63, 3.8) is 0 Å². The van der Waals surface area contributed by atoms with Gasteiger partial charge in [-0.2, -0.15) is 8.78 Å². The van der Waals surface area contributed by atoms with Gasteiger partial charge in [0.05, 0.1) is 0 Å². The maximum absolute atomic E-state index is 13.0. The Hall–Kier alpha value is -0.810.